The molecule has 0 aromatic carbocycles. The predicted molar refractivity (Wildman–Crippen MR) is 70.3 cm³/mol. The van der Waals surface area contributed by atoms with Gasteiger partial charge in [-0.3, -0.25) is 16.0 Å². The monoisotopic (exact) mass is 256 g/mol. The molecule has 6 nitrogen and oxygen atoms in total. The summed E-state index contributed by atoms with van der Waals surface area (Å²) in [6.07, 6.45) is 3.53. The maximum atomic E-state index is 5.65. The number of ether oxygens (including phenoxy) is 2. The Balaban J connectivity index is 2.91. The second-order valence-corrected chi connectivity index (χ2v) is 4.49. The molecule has 0 bridgehead atoms. The van der Waals surface area contributed by atoms with Crippen LogP contribution in [0.15, 0.2) is 6.20 Å². The molecule has 0 saturated carbocycles. The van der Waals surface area contributed by atoms with Gasteiger partial charge >= 0.3 is 0 Å². The van der Waals surface area contributed by atoms with Crippen LogP contribution in [0.25, 0.3) is 0 Å². The van der Waals surface area contributed by atoms with Gasteiger partial charge in [0.25, 0.3) is 0 Å². The molecule has 0 aliphatic heterocycles. The second kappa shape index (κ2) is 7.35. The summed E-state index contributed by atoms with van der Waals surface area (Å²) < 4.78 is 12.4. The number of methoxy groups -OCH3 is 2. The van der Waals surface area contributed by atoms with E-state index in [2.05, 4.69) is 24.4 Å². The molecule has 0 spiro atoms. The number of nitrogens with zero attached hydrogens (tertiary/aromatic N) is 2. The van der Waals surface area contributed by atoms with E-state index in [-0.39, 0.29) is 12.1 Å². The maximum Gasteiger partial charge on any atom is 0.161 e. The molecular weight excluding hydrogens is 232 g/mol. The van der Waals surface area contributed by atoms with Crippen LogP contribution in [0.5, 0.6) is 5.75 Å². The van der Waals surface area contributed by atoms with E-state index in [0.29, 0.717) is 0 Å². The number of aromatic nitrogens is 2. The van der Waals surface area contributed by atoms with E-state index in [0.717, 1.165) is 30.9 Å². The highest BCUT2D eigenvalue weighted by Crippen LogP contribution is 2.29. The summed E-state index contributed by atoms with van der Waals surface area (Å²) >= 11 is 0. The molecule has 1 unspecified atom stereocenters. The van der Waals surface area contributed by atoms with Gasteiger partial charge in [-0.1, -0.05) is 0 Å². The SMILES string of the molecule is COCCCC(NN)c1c(OC)cnn1C(C)C. The van der Waals surface area contributed by atoms with Gasteiger partial charge in [0.05, 0.1) is 25.0 Å². The standard InChI is InChI=1S/C12H24N4O2/c1-9(2)16-12(11(18-4)8-14-16)10(15-13)6-5-7-17-3/h8-10,15H,5-7,13H2,1-4H3. The van der Waals surface area contributed by atoms with Gasteiger partial charge in [-0.25, -0.2) is 0 Å². The van der Waals surface area contributed by atoms with Crippen LogP contribution in [0.3, 0.4) is 0 Å². The van der Waals surface area contributed by atoms with Gasteiger partial charge in [-0.2, -0.15) is 5.10 Å². The van der Waals surface area contributed by atoms with Crippen LogP contribution >= 0.6 is 0 Å². The molecule has 0 radical (unpaired) electrons. The molecule has 1 atom stereocenters. The zero-order valence-electron chi connectivity index (χ0n) is 11.6. The molecule has 1 aromatic rings. The van der Waals surface area contributed by atoms with Crippen molar-refractivity contribution < 1.29 is 9.47 Å². The van der Waals surface area contributed by atoms with E-state index in [4.69, 9.17) is 15.3 Å². The van der Waals surface area contributed by atoms with Crippen molar-refractivity contribution in [3.05, 3.63) is 11.9 Å². The Hall–Kier alpha value is -1.11. The van der Waals surface area contributed by atoms with Crippen molar-refractivity contribution in [3.8, 4) is 5.75 Å². The largest absolute Gasteiger partial charge is 0.493 e. The first-order valence-electron chi connectivity index (χ1n) is 6.22. The second-order valence-electron chi connectivity index (χ2n) is 4.49. The van der Waals surface area contributed by atoms with Gasteiger partial charge in [0.2, 0.25) is 0 Å². The summed E-state index contributed by atoms with van der Waals surface area (Å²) in [5, 5.41) is 4.35. The zero-order chi connectivity index (χ0) is 13.5. The first-order valence-corrected chi connectivity index (χ1v) is 6.22. The normalized spacial score (nSPS) is 13.0. The number of hydrogen-bond donors (Lipinski definition) is 2. The van der Waals surface area contributed by atoms with Gasteiger partial charge in [0, 0.05) is 19.8 Å². The quantitative estimate of drug-likeness (QED) is 0.418. The number of nitrogens with one attached hydrogen (secondary N) is 1. The third-order valence-corrected chi connectivity index (χ3v) is 2.88. The van der Waals surface area contributed by atoms with Crippen LogP contribution in [0.1, 0.15) is 44.5 Å². The van der Waals surface area contributed by atoms with Gasteiger partial charge in [-0.05, 0) is 26.7 Å². The topological polar surface area (TPSA) is 74.3 Å². The molecule has 3 N–H and O–H groups in total. The molecule has 104 valence electrons. The zero-order valence-corrected chi connectivity index (χ0v) is 11.6. The average Bonchev–Trinajstić information content (AvgIpc) is 2.78. The lowest BCUT2D eigenvalue weighted by Crippen LogP contribution is -2.30. The predicted octanol–water partition coefficient (Wildman–Crippen LogP) is 1.40. The Bertz CT molecular complexity index is 352. The average molecular weight is 256 g/mol. The van der Waals surface area contributed by atoms with Crippen LogP contribution in [0, 0.1) is 0 Å². The highest BCUT2D eigenvalue weighted by molar-refractivity contribution is 5.28. The van der Waals surface area contributed by atoms with Crippen LogP contribution in [-0.4, -0.2) is 30.6 Å². The summed E-state index contributed by atoms with van der Waals surface area (Å²) in [4.78, 5) is 0. The molecule has 6 heteroatoms. The fraction of sp³-hybridized carbons (Fsp3) is 0.750. The molecule has 0 saturated heterocycles. The highest BCUT2D eigenvalue weighted by Gasteiger charge is 2.22. The van der Waals surface area contributed by atoms with Crippen LogP contribution in [-0.2, 0) is 4.74 Å². The lowest BCUT2D eigenvalue weighted by molar-refractivity contribution is 0.188. The van der Waals surface area contributed by atoms with E-state index in [1.54, 1.807) is 20.4 Å². The highest BCUT2D eigenvalue weighted by atomic mass is 16.5. The fourth-order valence-corrected chi connectivity index (χ4v) is 1.99. The van der Waals surface area contributed by atoms with Gasteiger partial charge in [-0.15, -0.1) is 0 Å². The smallest absolute Gasteiger partial charge is 0.161 e. The summed E-state index contributed by atoms with van der Waals surface area (Å²) in [7, 11) is 3.34. The van der Waals surface area contributed by atoms with Gasteiger partial charge in [0.15, 0.2) is 5.75 Å². The first-order chi connectivity index (χ1) is 8.65. The first kappa shape index (κ1) is 14.9. The molecule has 0 aliphatic rings. The fourth-order valence-electron chi connectivity index (χ4n) is 1.99. The third-order valence-electron chi connectivity index (χ3n) is 2.88. The van der Waals surface area contributed by atoms with Crippen LogP contribution in [0.2, 0.25) is 0 Å². The number of nitrogens with two attached hydrogens (primary N) is 1. The summed E-state index contributed by atoms with van der Waals surface area (Å²) in [5.74, 6) is 6.42. The van der Waals surface area contributed by atoms with E-state index in [1.165, 1.54) is 0 Å². The Morgan fingerprint density at radius 2 is 2.17 bits per heavy atom. The maximum absolute atomic E-state index is 5.65. The number of hydrazine groups is 1. The van der Waals surface area contributed by atoms with Crippen molar-refractivity contribution in [2.24, 2.45) is 5.84 Å². The van der Waals surface area contributed by atoms with Crippen LogP contribution < -0.4 is 16.0 Å². The number of rotatable bonds is 8. The Labute approximate surface area is 108 Å². The van der Waals surface area contributed by atoms with Crippen molar-refractivity contribution in [1.82, 2.24) is 15.2 Å². The van der Waals surface area contributed by atoms with Crippen molar-refractivity contribution >= 4 is 0 Å². The van der Waals surface area contributed by atoms with E-state index < -0.39 is 0 Å². The van der Waals surface area contributed by atoms with Gasteiger partial charge < -0.3 is 9.47 Å². The van der Waals surface area contributed by atoms with Crippen molar-refractivity contribution in [2.75, 3.05) is 20.8 Å². The molecule has 0 fully saturated rings. The van der Waals surface area contributed by atoms with Gasteiger partial charge in [0.1, 0.15) is 0 Å². The van der Waals surface area contributed by atoms with E-state index >= 15 is 0 Å². The van der Waals surface area contributed by atoms with Crippen molar-refractivity contribution in [1.29, 1.82) is 0 Å². The lowest BCUT2D eigenvalue weighted by Gasteiger charge is -2.20. The molecule has 1 aromatic heterocycles. The molecule has 0 aliphatic carbocycles. The third kappa shape index (κ3) is 3.44. The Morgan fingerprint density at radius 3 is 2.67 bits per heavy atom. The number of hydrogen-bond acceptors (Lipinski definition) is 5. The summed E-state index contributed by atoms with van der Waals surface area (Å²) in [5.41, 5.74) is 3.83. The van der Waals surface area contributed by atoms with E-state index in [9.17, 15) is 0 Å². The molecule has 1 heterocycles. The molecule has 18 heavy (non-hydrogen) atoms. The summed E-state index contributed by atoms with van der Waals surface area (Å²) in [6.45, 7) is 4.88. The minimum atomic E-state index is 0.0139. The molecular formula is C12H24N4O2. The van der Waals surface area contributed by atoms with Crippen molar-refractivity contribution in [3.63, 3.8) is 0 Å². The van der Waals surface area contributed by atoms with Crippen LogP contribution in [0.4, 0.5) is 0 Å². The lowest BCUT2D eigenvalue weighted by atomic mass is 10.1. The molecule has 0 amide bonds. The summed E-state index contributed by atoms with van der Waals surface area (Å²) in [6, 6.07) is 0.280. The minimum Gasteiger partial charge on any atom is -0.493 e. The molecule has 1 rings (SSSR count). The van der Waals surface area contributed by atoms with Crippen molar-refractivity contribution in [2.45, 2.75) is 38.8 Å². The minimum absolute atomic E-state index is 0.0139. The Kier molecular flexibility index (Phi) is 6.11. The van der Waals surface area contributed by atoms with E-state index in [1.807, 2.05) is 4.68 Å². The Morgan fingerprint density at radius 1 is 1.44 bits per heavy atom.